The maximum atomic E-state index is 14.3. The van der Waals surface area contributed by atoms with Gasteiger partial charge in [0.1, 0.15) is 0 Å². The zero-order valence-corrected chi connectivity index (χ0v) is 18.3. The van der Waals surface area contributed by atoms with Gasteiger partial charge in [-0.3, -0.25) is 0 Å². The number of rotatable bonds is 5. The molecule has 4 rings (SSSR count). The first-order chi connectivity index (χ1) is 14.6. The zero-order chi connectivity index (χ0) is 21.1. The molecule has 1 heterocycles. The second kappa shape index (κ2) is 9.60. The van der Waals surface area contributed by atoms with Crippen LogP contribution in [0.25, 0.3) is 11.1 Å². The molecule has 1 aliphatic heterocycles. The number of aryl methyl sites for hydroxylation is 1. The fourth-order valence-corrected chi connectivity index (χ4v) is 5.46. The minimum atomic E-state index is -0.753. The molecular formula is C27H34F2O. The summed E-state index contributed by atoms with van der Waals surface area (Å²) in [6.45, 7) is 4.80. The van der Waals surface area contributed by atoms with Crippen molar-refractivity contribution < 1.29 is 13.5 Å². The molecule has 0 spiro atoms. The van der Waals surface area contributed by atoms with Gasteiger partial charge in [-0.25, -0.2) is 8.78 Å². The fraction of sp³-hybridized carbons (Fsp3) is 0.556. The Bertz CT molecular complexity index is 829. The highest BCUT2D eigenvalue weighted by Gasteiger charge is 2.31. The first-order valence-corrected chi connectivity index (χ1v) is 11.7. The van der Waals surface area contributed by atoms with Gasteiger partial charge in [0.15, 0.2) is 11.6 Å². The molecule has 1 aliphatic carbocycles. The minimum Gasteiger partial charge on any atom is -0.378 e. The summed E-state index contributed by atoms with van der Waals surface area (Å²) in [4.78, 5) is 0. The highest BCUT2D eigenvalue weighted by atomic mass is 19.2. The Kier molecular flexibility index (Phi) is 6.87. The lowest BCUT2D eigenvalue weighted by Crippen LogP contribution is -2.33. The van der Waals surface area contributed by atoms with Crippen LogP contribution in [0.5, 0.6) is 0 Å². The van der Waals surface area contributed by atoms with E-state index < -0.39 is 11.6 Å². The van der Waals surface area contributed by atoms with Crippen molar-refractivity contribution in [3.8, 4) is 11.1 Å². The van der Waals surface area contributed by atoms with Crippen molar-refractivity contribution in [3.05, 3.63) is 59.2 Å². The molecule has 1 nitrogen and oxygen atoms in total. The SMILES string of the molecule is CCCC1CCC(C2CCC(c3ccc(-c4ccc(C)c(F)c4F)cc3)CC2)OC1. The van der Waals surface area contributed by atoms with Gasteiger partial charge in [-0.1, -0.05) is 49.7 Å². The monoisotopic (exact) mass is 412 g/mol. The van der Waals surface area contributed by atoms with Gasteiger partial charge in [-0.15, -0.1) is 0 Å². The van der Waals surface area contributed by atoms with Crippen molar-refractivity contribution in [2.75, 3.05) is 6.61 Å². The first kappa shape index (κ1) is 21.5. The van der Waals surface area contributed by atoms with Gasteiger partial charge in [-0.2, -0.15) is 0 Å². The third-order valence-electron chi connectivity index (χ3n) is 7.37. The molecule has 2 unspecified atom stereocenters. The van der Waals surface area contributed by atoms with Crippen LogP contribution in [-0.2, 0) is 4.74 Å². The van der Waals surface area contributed by atoms with Crippen LogP contribution >= 0.6 is 0 Å². The number of ether oxygens (including phenoxy) is 1. The predicted molar refractivity (Wildman–Crippen MR) is 119 cm³/mol. The molecule has 0 aromatic heterocycles. The Balaban J connectivity index is 1.34. The van der Waals surface area contributed by atoms with E-state index in [1.54, 1.807) is 19.1 Å². The molecular weight excluding hydrogens is 378 g/mol. The van der Waals surface area contributed by atoms with Crippen LogP contribution in [0.15, 0.2) is 36.4 Å². The molecule has 0 bridgehead atoms. The van der Waals surface area contributed by atoms with E-state index in [0.29, 0.717) is 29.1 Å². The highest BCUT2D eigenvalue weighted by molar-refractivity contribution is 5.65. The van der Waals surface area contributed by atoms with Crippen LogP contribution in [0.2, 0.25) is 0 Å². The average molecular weight is 413 g/mol. The van der Waals surface area contributed by atoms with E-state index in [-0.39, 0.29) is 0 Å². The second-order valence-corrected chi connectivity index (χ2v) is 9.40. The molecule has 0 radical (unpaired) electrons. The maximum Gasteiger partial charge on any atom is 0.166 e. The quantitative estimate of drug-likeness (QED) is 0.486. The van der Waals surface area contributed by atoms with Gasteiger partial charge in [0, 0.05) is 12.2 Å². The Morgan fingerprint density at radius 2 is 1.60 bits per heavy atom. The summed E-state index contributed by atoms with van der Waals surface area (Å²) >= 11 is 0. The van der Waals surface area contributed by atoms with Crippen molar-refractivity contribution >= 4 is 0 Å². The van der Waals surface area contributed by atoms with Gasteiger partial charge in [0.05, 0.1) is 6.10 Å². The van der Waals surface area contributed by atoms with Crippen LogP contribution in [0.3, 0.4) is 0 Å². The number of benzene rings is 2. The van der Waals surface area contributed by atoms with Gasteiger partial charge in [0.2, 0.25) is 0 Å². The Morgan fingerprint density at radius 3 is 2.23 bits per heavy atom. The smallest absolute Gasteiger partial charge is 0.166 e. The van der Waals surface area contributed by atoms with Crippen molar-refractivity contribution in [2.24, 2.45) is 11.8 Å². The maximum absolute atomic E-state index is 14.3. The predicted octanol–water partition coefficient (Wildman–Crippen LogP) is 7.81. The lowest BCUT2D eigenvalue weighted by Gasteiger charge is -2.38. The lowest BCUT2D eigenvalue weighted by molar-refractivity contribution is -0.0575. The van der Waals surface area contributed by atoms with Gasteiger partial charge in [-0.05, 0) is 86.3 Å². The lowest BCUT2D eigenvalue weighted by atomic mass is 9.75. The average Bonchev–Trinajstić information content (AvgIpc) is 2.79. The van der Waals surface area contributed by atoms with Crippen molar-refractivity contribution in [3.63, 3.8) is 0 Å². The molecule has 2 aromatic rings. The molecule has 2 fully saturated rings. The molecule has 0 amide bonds. The number of hydrogen-bond donors (Lipinski definition) is 0. The summed E-state index contributed by atoms with van der Waals surface area (Å²) in [7, 11) is 0. The summed E-state index contributed by atoms with van der Waals surface area (Å²) in [5.74, 6) is 0.532. The summed E-state index contributed by atoms with van der Waals surface area (Å²) in [6, 6.07) is 11.4. The van der Waals surface area contributed by atoms with Gasteiger partial charge >= 0.3 is 0 Å². The largest absolute Gasteiger partial charge is 0.378 e. The summed E-state index contributed by atoms with van der Waals surface area (Å²) in [5, 5.41) is 0. The standard InChI is InChI=1S/C27H34F2O/c1-3-4-19-6-16-25(30-17-19)23-13-9-21(10-14-23)20-7-11-22(12-8-20)24-15-5-18(2)26(28)27(24)29/h5,7-8,11-12,15,19,21,23,25H,3-4,6,9-10,13-14,16-17H2,1-2H3. The zero-order valence-electron chi connectivity index (χ0n) is 18.3. The first-order valence-electron chi connectivity index (χ1n) is 11.7. The van der Waals surface area contributed by atoms with Gasteiger partial charge in [0.25, 0.3) is 0 Å². The van der Waals surface area contributed by atoms with E-state index in [0.717, 1.165) is 18.1 Å². The molecule has 1 saturated heterocycles. The van der Waals surface area contributed by atoms with E-state index in [1.807, 2.05) is 12.1 Å². The Labute approximate surface area is 179 Å². The number of halogens is 2. The molecule has 30 heavy (non-hydrogen) atoms. The van der Waals surface area contributed by atoms with Crippen LogP contribution < -0.4 is 0 Å². The summed E-state index contributed by atoms with van der Waals surface area (Å²) in [6.07, 6.45) is 10.4. The molecule has 1 saturated carbocycles. The summed E-state index contributed by atoms with van der Waals surface area (Å²) < 4.78 is 34.5. The topological polar surface area (TPSA) is 9.23 Å². The second-order valence-electron chi connectivity index (χ2n) is 9.40. The normalized spacial score (nSPS) is 27.2. The Hall–Kier alpha value is -1.74. The van der Waals surface area contributed by atoms with E-state index in [1.165, 1.54) is 56.9 Å². The highest BCUT2D eigenvalue weighted by Crippen LogP contribution is 2.41. The molecule has 2 aliphatic rings. The Morgan fingerprint density at radius 1 is 0.867 bits per heavy atom. The van der Waals surface area contributed by atoms with E-state index >= 15 is 0 Å². The van der Waals surface area contributed by atoms with Crippen LogP contribution in [-0.4, -0.2) is 12.7 Å². The van der Waals surface area contributed by atoms with E-state index in [2.05, 4.69) is 19.1 Å². The van der Waals surface area contributed by atoms with E-state index in [9.17, 15) is 8.78 Å². The van der Waals surface area contributed by atoms with Crippen molar-refractivity contribution in [2.45, 2.75) is 77.2 Å². The van der Waals surface area contributed by atoms with Crippen molar-refractivity contribution in [1.82, 2.24) is 0 Å². The third-order valence-corrected chi connectivity index (χ3v) is 7.37. The molecule has 3 heteroatoms. The fourth-order valence-electron chi connectivity index (χ4n) is 5.46. The summed E-state index contributed by atoms with van der Waals surface area (Å²) in [5.41, 5.74) is 2.73. The van der Waals surface area contributed by atoms with Crippen LogP contribution in [0.4, 0.5) is 8.78 Å². The third kappa shape index (κ3) is 4.61. The van der Waals surface area contributed by atoms with Gasteiger partial charge < -0.3 is 4.74 Å². The molecule has 0 N–H and O–H groups in total. The van der Waals surface area contributed by atoms with Crippen molar-refractivity contribution in [1.29, 1.82) is 0 Å². The number of hydrogen-bond acceptors (Lipinski definition) is 1. The molecule has 162 valence electrons. The van der Waals surface area contributed by atoms with Crippen LogP contribution in [0, 0.1) is 30.4 Å². The minimum absolute atomic E-state index is 0.337. The molecule has 2 aromatic carbocycles. The van der Waals surface area contributed by atoms with E-state index in [4.69, 9.17) is 4.74 Å². The molecule has 2 atom stereocenters. The van der Waals surface area contributed by atoms with Crippen LogP contribution in [0.1, 0.15) is 75.3 Å².